The number of hydrogen-bond acceptors (Lipinski definition) is 2. The summed E-state index contributed by atoms with van der Waals surface area (Å²) >= 11 is 0. The molecule has 2 nitrogen and oxygen atoms in total. The molecule has 1 aliphatic heterocycles. The average Bonchev–Trinajstić information content (AvgIpc) is 3.19. The molecular formula is C16H23NO. The van der Waals surface area contributed by atoms with Crippen LogP contribution in [-0.2, 0) is 12.8 Å². The SMILES string of the molecule is COc1ccc2c(c1)CC(C)N(CC1CC1)CC2. The first-order valence-electron chi connectivity index (χ1n) is 7.16. The Labute approximate surface area is 110 Å². The van der Waals surface area contributed by atoms with Crippen molar-refractivity contribution in [2.24, 2.45) is 5.92 Å². The van der Waals surface area contributed by atoms with E-state index in [2.05, 4.69) is 30.0 Å². The quantitative estimate of drug-likeness (QED) is 0.812. The Morgan fingerprint density at radius 1 is 1.28 bits per heavy atom. The van der Waals surface area contributed by atoms with Gasteiger partial charge in [-0.2, -0.15) is 0 Å². The Balaban J connectivity index is 1.77. The first-order valence-corrected chi connectivity index (χ1v) is 7.16. The van der Waals surface area contributed by atoms with Crippen LogP contribution in [0.5, 0.6) is 5.75 Å². The van der Waals surface area contributed by atoms with E-state index in [-0.39, 0.29) is 0 Å². The van der Waals surface area contributed by atoms with Crippen molar-refractivity contribution in [2.45, 2.75) is 38.6 Å². The maximum absolute atomic E-state index is 5.34. The van der Waals surface area contributed by atoms with Crippen LogP contribution in [0.1, 0.15) is 30.9 Å². The van der Waals surface area contributed by atoms with E-state index in [0.717, 1.165) is 11.7 Å². The minimum atomic E-state index is 0.666. The molecule has 1 atom stereocenters. The third-order valence-electron chi connectivity index (χ3n) is 4.41. The number of ether oxygens (including phenoxy) is 1. The highest BCUT2D eigenvalue weighted by atomic mass is 16.5. The summed E-state index contributed by atoms with van der Waals surface area (Å²) in [5.41, 5.74) is 3.00. The Bertz CT molecular complexity index is 425. The molecule has 0 spiro atoms. The van der Waals surface area contributed by atoms with E-state index >= 15 is 0 Å². The lowest BCUT2D eigenvalue weighted by atomic mass is 10.0. The fourth-order valence-electron chi connectivity index (χ4n) is 3.00. The number of methoxy groups -OCH3 is 1. The average molecular weight is 245 g/mol. The van der Waals surface area contributed by atoms with Gasteiger partial charge in [0.15, 0.2) is 0 Å². The van der Waals surface area contributed by atoms with Crippen molar-refractivity contribution in [3.8, 4) is 5.75 Å². The van der Waals surface area contributed by atoms with Gasteiger partial charge in [0.05, 0.1) is 7.11 Å². The Morgan fingerprint density at radius 2 is 2.11 bits per heavy atom. The predicted octanol–water partition coefficient (Wildman–Crippen LogP) is 2.89. The van der Waals surface area contributed by atoms with Gasteiger partial charge in [-0.25, -0.2) is 0 Å². The molecule has 0 amide bonds. The molecule has 1 heterocycles. The summed E-state index contributed by atoms with van der Waals surface area (Å²) in [6.45, 7) is 4.90. The van der Waals surface area contributed by atoms with Gasteiger partial charge in [0.25, 0.3) is 0 Å². The number of hydrogen-bond donors (Lipinski definition) is 0. The molecule has 1 aromatic rings. The molecule has 3 rings (SSSR count). The molecule has 1 aromatic carbocycles. The highest BCUT2D eigenvalue weighted by molar-refractivity contribution is 5.37. The number of benzene rings is 1. The summed E-state index contributed by atoms with van der Waals surface area (Å²) in [4.78, 5) is 2.68. The van der Waals surface area contributed by atoms with Crippen molar-refractivity contribution in [3.63, 3.8) is 0 Å². The van der Waals surface area contributed by atoms with Crippen LogP contribution in [0.4, 0.5) is 0 Å². The van der Waals surface area contributed by atoms with Crippen LogP contribution in [0.3, 0.4) is 0 Å². The van der Waals surface area contributed by atoms with Crippen LogP contribution in [0.2, 0.25) is 0 Å². The van der Waals surface area contributed by atoms with E-state index in [9.17, 15) is 0 Å². The molecule has 98 valence electrons. The molecule has 0 bridgehead atoms. The lowest BCUT2D eigenvalue weighted by molar-refractivity contribution is 0.207. The molecule has 0 N–H and O–H groups in total. The number of rotatable bonds is 3. The van der Waals surface area contributed by atoms with E-state index in [1.807, 2.05) is 0 Å². The lowest BCUT2D eigenvalue weighted by Crippen LogP contribution is -2.36. The van der Waals surface area contributed by atoms with Crippen LogP contribution < -0.4 is 4.74 Å². The Kier molecular flexibility index (Phi) is 3.29. The molecule has 0 radical (unpaired) electrons. The molecule has 0 aromatic heterocycles. The van der Waals surface area contributed by atoms with Gasteiger partial charge in [-0.15, -0.1) is 0 Å². The fourth-order valence-corrected chi connectivity index (χ4v) is 3.00. The summed E-state index contributed by atoms with van der Waals surface area (Å²) in [6.07, 6.45) is 5.25. The number of nitrogens with zero attached hydrogens (tertiary/aromatic N) is 1. The zero-order chi connectivity index (χ0) is 12.5. The third-order valence-corrected chi connectivity index (χ3v) is 4.41. The molecule has 18 heavy (non-hydrogen) atoms. The van der Waals surface area contributed by atoms with Crippen LogP contribution in [0.25, 0.3) is 0 Å². The van der Waals surface area contributed by atoms with Crippen LogP contribution >= 0.6 is 0 Å². The van der Waals surface area contributed by atoms with E-state index in [0.29, 0.717) is 6.04 Å². The van der Waals surface area contributed by atoms with Gasteiger partial charge in [-0.05, 0) is 61.8 Å². The van der Waals surface area contributed by atoms with Crippen molar-refractivity contribution < 1.29 is 4.74 Å². The lowest BCUT2D eigenvalue weighted by Gasteiger charge is -2.26. The molecule has 2 heteroatoms. The van der Waals surface area contributed by atoms with Crippen molar-refractivity contribution in [1.29, 1.82) is 0 Å². The van der Waals surface area contributed by atoms with Crippen molar-refractivity contribution in [2.75, 3.05) is 20.2 Å². The highest BCUT2D eigenvalue weighted by Crippen LogP contribution is 2.32. The van der Waals surface area contributed by atoms with Crippen molar-refractivity contribution in [3.05, 3.63) is 29.3 Å². The first-order chi connectivity index (χ1) is 8.76. The standard InChI is InChI=1S/C16H23NO/c1-12-9-15-10-16(18-2)6-5-14(15)7-8-17(12)11-13-3-4-13/h5-6,10,12-13H,3-4,7-9,11H2,1-2H3. The Hall–Kier alpha value is -1.02. The first kappa shape index (κ1) is 12.0. The zero-order valence-electron chi connectivity index (χ0n) is 11.5. The van der Waals surface area contributed by atoms with Gasteiger partial charge >= 0.3 is 0 Å². The van der Waals surface area contributed by atoms with Crippen LogP contribution in [0.15, 0.2) is 18.2 Å². The van der Waals surface area contributed by atoms with Crippen LogP contribution in [-0.4, -0.2) is 31.1 Å². The van der Waals surface area contributed by atoms with Gasteiger partial charge in [0.2, 0.25) is 0 Å². The molecule has 1 aliphatic carbocycles. The van der Waals surface area contributed by atoms with E-state index in [4.69, 9.17) is 4.74 Å². The van der Waals surface area contributed by atoms with E-state index < -0.39 is 0 Å². The summed E-state index contributed by atoms with van der Waals surface area (Å²) in [5.74, 6) is 1.99. The monoisotopic (exact) mass is 245 g/mol. The second-order valence-corrected chi connectivity index (χ2v) is 5.88. The van der Waals surface area contributed by atoms with Gasteiger partial charge in [-0.3, -0.25) is 4.90 Å². The smallest absolute Gasteiger partial charge is 0.119 e. The summed E-state index contributed by atoms with van der Waals surface area (Å²) < 4.78 is 5.34. The summed E-state index contributed by atoms with van der Waals surface area (Å²) in [6, 6.07) is 7.24. The highest BCUT2D eigenvalue weighted by Gasteiger charge is 2.28. The van der Waals surface area contributed by atoms with Gasteiger partial charge < -0.3 is 4.74 Å². The van der Waals surface area contributed by atoms with Crippen LogP contribution in [0, 0.1) is 5.92 Å². The van der Waals surface area contributed by atoms with Gasteiger partial charge in [0, 0.05) is 19.1 Å². The number of fused-ring (bicyclic) bond motifs is 1. The van der Waals surface area contributed by atoms with Gasteiger partial charge in [-0.1, -0.05) is 6.07 Å². The minimum absolute atomic E-state index is 0.666. The second-order valence-electron chi connectivity index (χ2n) is 5.88. The maximum Gasteiger partial charge on any atom is 0.119 e. The Morgan fingerprint density at radius 3 is 2.83 bits per heavy atom. The maximum atomic E-state index is 5.34. The predicted molar refractivity (Wildman–Crippen MR) is 74.2 cm³/mol. The fraction of sp³-hybridized carbons (Fsp3) is 0.625. The molecule has 2 aliphatic rings. The van der Waals surface area contributed by atoms with E-state index in [1.54, 1.807) is 7.11 Å². The molecular weight excluding hydrogens is 222 g/mol. The summed E-state index contributed by atoms with van der Waals surface area (Å²) in [7, 11) is 1.75. The van der Waals surface area contributed by atoms with E-state index in [1.165, 1.54) is 49.9 Å². The topological polar surface area (TPSA) is 12.5 Å². The van der Waals surface area contributed by atoms with Crippen molar-refractivity contribution in [1.82, 2.24) is 4.90 Å². The largest absolute Gasteiger partial charge is 0.497 e. The molecule has 1 fully saturated rings. The normalized spacial score (nSPS) is 24.4. The molecule has 0 saturated heterocycles. The zero-order valence-corrected chi connectivity index (χ0v) is 11.5. The van der Waals surface area contributed by atoms with Gasteiger partial charge in [0.1, 0.15) is 5.75 Å². The second kappa shape index (κ2) is 4.93. The summed E-state index contributed by atoms with van der Waals surface area (Å²) in [5, 5.41) is 0. The molecule has 1 saturated carbocycles. The third kappa shape index (κ3) is 2.54. The minimum Gasteiger partial charge on any atom is -0.497 e. The molecule has 1 unspecified atom stereocenters. The van der Waals surface area contributed by atoms with Crippen molar-refractivity contribution >= 4 is 0 Å².